The molecule has 0 radical (unpaired) electrons. The van der Waals surface area contributed by atoms with Crippen molar-refractivity contribution in [1.29, 1.82) is 5.26 Å². The Hall–Kier alpha value is -10.4. The fourth-order valence-corrected chi connectivity index (χ4v) is 18.3. The molecule has 6 heterocycles. The number of amides is 8. The Kier molecular flexibility index (Phi) is 41.2. The van der Waals surface area contributed by atoms with Gasteiger partial charge < -0.3 is 70.1 Å². The standard InChI is InChI=1S/C28H40N4O2.C27H34N4O.C25H38F3N3O2.C24H30N4O/c1-3-9-23(2)30-16-14-25(15-17-30)32(22-24-10-5-4-6-11-24)28(33)29-26-12-7-8-13-27(26)31-18-20-34-21-19-31;1-3-8-21(2)30-17-14-24(15-18-30)31(20-22-9-5-4-6-10-22)27(32)29-26-12-7-11-23-19-28-16-13-25(23)26;1-4-9-19(3)30-16-13-22(14-17-30)31(15-7-6-12-23(32)5-2)24(33)29-21-11-8-10-20(18-21)25(26,27)28;1-2-3-14-27-15-12-23(13-16-27)28(19-20-8-5-4-6-9-20)24(29)26-22-11-7-10-21(17-22)18-25/h4-8,10-13,23,25H,3,9,14-22H2,1-2H3,(H,29,33);4-7,9-13,16,19,21,24H,3,8,14-15,17-18,20H2,1-2H3,(H,29,32);8,10-11,18-19,22H,4-7,9,12-17H2,1-3H3,(H,29,33);4-11,17,23H,2-3,12-16,19H2,1H3,(H,26,29). The second kappa shape index (κ2) is 52.9. The number of Topliss-reactive ketones (excluding diaryl/α,β-unsaturated/α-hetero) is 1. The first-order chi connectivity index (χ1) is 62.1. The third kappa shape index (κ3) is 31.5. The average molecular weight is 1760 g/mol. The zero-order valence-electron chi connectivity index (χ0n) is 77.3. The van der Waals surface area contributed by atoms with Gasteiger partial charge in [0.15, 0.2) is 0 Å². The number of anilines is 5. The van der Waals surface area contributed by atoms with E-state index in [0.717, 1.165) is 201 Å². The van der Waals surface area contributed by atoms with Gasteiger partial charge in [-0.2, -0.15) is 18.4 Å². The lowest BCUT2D eigenvalue weighted by Gasteiger charge is -2.41. The van der Waals surface area contributed by atoms with Crippen LogP contribution >= 0.6 is 0 Å². The zero-order valence-corrected chi connectivity index (χ0v) is 77.3. The number of halogens is 3. The molecule has 0 aliphatic carbocycles. The highest BCUT2D eigenvalue weighted by atomic mass is 19.4. The van der Waals surface area contributed by atoms with E-state index in [1.807, 2.05) is 126 Å². The van der Waals surface area contributed by atoms with Crippen LogP contribution in [0.15, 0.2) is 200 Å². The Bertz CT molecular complexity index is 4660. The van der Waals surface area contributed by atoms with Gasteiger partial charge in [-0.1, -0.05) is 188 Å². The molecule has 690 valence electrons. The van der Waals surface area contributed by atoms with Gasteiger partial charge in [0.2, 0.25) is 0 Å². The number of hydrogen-bond acceptors (Lipinski definition) is 13. The highest BCUT2D eigenvalue weighted by Crippen LogP contribution is 2.34. The predicted molar refractivity (Wildman–Crippen MR) is 513 cm³/mol. The molecule has 7 aromatic carbocycles. The Morgan fingerprint density at radius 1 is 0.469 bits per heavy atom. The second-order valence-electron chi connectivity index (χ2n) is 35.0. The van der Waals surface area contributed by atoms with Crippen molar-refractivity contribution >= 4 is 69.1 Å². The van der Waals surface area contributed by atoms with Gasteiger partial charge in [-0.05, 0) is 195 Å². The zero-order chi connectivity index (χ0) is 91.0. The number of fused-ring (bicyclic) bond motifs is 1. The molecule has 128 heavy (non-hydrogen) atoms. The Morgan fingerprint density at radius 3 is 1.38 bits per heavy atom. The van der Waals surface area contributed by atoms with Gasteiger partial charge in [-0.15, -0.1) is 0 Å². The lowest BCUT2D eigenvalue weighted by molar-refractivity contribution is -0.137. The number of carbonyl (C=O) groups is 5. The largest absolute Gasteiger partial charge is 0.416 e. The number of urea groups is 4. The fourth-order valence-electron chi connectivity index (χ4n) is 18.3. The molecule has 5 fully saturated rings. The highest BCUT2D eigenvalue weighted by Gasteiger charge is 2.36. The van der Waals surface area contributed by atoms with E-state index in [-0.39, 0.29) is 59.8 Å². The van der Waals surface area contributed by atoms with E-state index in [1.165, 1.54) is 56.2 Å². The molecule has 0 spiro atoms. The summed E-state index contributed by atoms with van der Waals surface area (Å²) >= 11 is 0. The molecule has 3 unspecified atom stereocenters. The first kappa shape index (κ1) is 99.7. The number of rotatable bonds is 33. The van der Waals surface area contributed by atoms with E-state index in [9.17, 15) is 37.1 Å². The molecule has 13 rings (SSSR count). The summed E-state index contributed by atoms with van der Waals surface area (Å²) in [7, 11) is 0. The smallest absolute Gasteiger partial charge is 0.378 e. The quantitative estimate of drug-likeness (QED) is 0.0283. The third-order valence-corrected chi connectivity index (χ3v) is 25.9. The molecule has 24 heteroatoms. The molecule has 5 aliphatic rings. The molecule has 4 N–H and O–H groups in total. The van der Waals surface area contributed by atoms with Crippen molar-refractivity contribution < 1.29 is 41.9 Å². The van der Waals surface area contributed by atoms with Crippen LogP contribution in [0.3, 0.4) is 0 Å². The number of ether oxygens (including phenoxy) is 1. The fraction of sp³-hybridized carbons (Fsp3) is 0.510. The van der Waals surface area contributed by atoms with Crippen LogP contribution in [-0.2, 0) is 35.3 Å². The molecule has 1 aromatic heterocycles. The number of piperidine rings is 4. The summed E-state index contributed by atoms with van der Waals surface area (Å²) in [6.07, 6.45) is 18.8. The number of aromatic nitrogens is 1. The summed E-state index contributed by atoms with van der Waals surface area (Å²) in [5.41, 5.74) is 6.78. The Balaban J connectivity index is 0.000000178. The minimum Gasteiger partial charge on any atom is -0.378 e. The van der Waals surface area contributed by atoms with Crippen molar-refractivity contribution in [3.63, 3.8) is 0 Å². The van der Waals surface area contributed by atoms with Gasteiger partial charge in [0, 0.05) is 181 Å². The lowest BCUT2D eigenvalue weighted by Crippen LogP contribution is -2.50. The first-order valence-corrected chi connectivity index (χ1v) is 47.5. The lowest BCUT2D eigenvalue weighted by atomic mass is 10.00. The summed E-state index contributed by atoms with van der Waals surface area (Å²) in [5.74, 6) is 0.202. The number of para-hydroxylation sites is 2. The van der Waals surface area contributed by atoms with Crippen molar-refractivity contribution in [1.82, 2.24) is 44.2 Å². The van der Waals surface area contributed by atoms with Crippen LogP contribution in [0.1, 0.15) is 212 Å². The second-order valence-corrected chi connectivity index (χ2v) is 35.0. The molecule has 21 nitrogen and oxygen atoms in total. The number of alkyl halides is 3. The van der Waals surface area contributed by atoms with E-state index in [4.69, 9.17) is 10.00 Å². The highest BCUT2D eigenvalue weighted by molar-refractivity contribution is 6.01. The molecule has 8 amide bonds. The van der Waals surface area contributed by atoms with Crippen LogP contribution < -0.4 is 26.2 Å². The van der Waals surface area contributed by atoms with Gasteiger partial charge in [0.05, 0.1) is 47.5 Å². The van der Waals surface area contributed by atoms with Crippen molar-refractivity contribution in [2.45, 2.75) is 252 Å². The summed E-state index contributed by atoms with van der Waals surface area (Å²) in [6.45, 7) is 32.3. The maximum Gasteiger partial charge on any atom is 0.416 e. The average Bonchev–Trinajstić information content (AvgIpc) is 0.820. The van der Waals surface area contributed by atoms with Crippen molar-refractivity contribution in [3.05, 3.63) is 228 Å². The van der Waals surface area contributed by atoms with Crippen LogP contribution in [0, 0.1) is 11.3 Å². The maximum absolute atomic E-state index is 13.7. The summed E-state index contributed by atoms with van der Waals surface area (Å²) in [4.78, 5) is 89.7. The van der Waals surface area contributed by atoms with Gasteiger partial charge in [-0.3, -0.25) is 9.78 Å². The summed E-state index contributed by atoms with van der Waals surface area (Å²) in [6, 6.07) is 62.7. The van der Waals surface area contributed by atoms with Crippen LogP contribution in [0.2, 0.25) is 0 Å². The number of benzene rings is 7. The van der Waals surface area contributed by atoms with Crippen molar-refractivity contribution in [2.24, 2.45) is 0 Å². The van der Waals surface area contributed by atoms with Gasteiger partial charge in [0.1, 0.15) is 5.78 Å². The number of hydrogen-bond donors (Lipinski definition) is 4. The molecular formula is C104H142F3N15O6. The number of morpholine rings is 1. The molecule has 3 atom stereocenters. The van der Waals surface area contributed by atoms with Crippen LogP contribution in [-0.4, -0.2) is 208 Å². The van der Waals surface area contributed by atoms with Crippen LogP contribution in [0.5, 0.6) is 0 Å². The monoisotopic (exact) mass is 1750 g/mol. The summed E-state index contributed by atoms with van der Waals surface area (Å²) < 4.78 is 44.7. The number of likely N-dealkylation sites (tertiary alicyclic amines) is 4. The first-order valence-electron chi connectivity index (χ1n) is 47.5. The molecule has 0 bridgehead atoms. The minimum absolute atomic E-state index is 0.00961. The Morgan fingerprint density at radius 2 is 0.898 bits per heavy atom. The number of pyridine rings is 1. The van der Waals surface area contributed by atoms with E-state index in [1.54, 1.807) is 29.3 Å². The molecule has 5 saturated heterocycles. The number of unbranched alkanes of at least 4 members (excludes halogenated alkanes) is 2. The van der Waals surface area contributed by atoms with Crippen molar-refractivity contribution in [3.8, 4) is 6.07 Å². The Labute approximate surface area is 760 Å². The number of nitrogens with one attached hydrogen (secondary N) is 4. The van der Waals surface area contributed by atoms with E-state index in [2.05, 4.69) is 153 Å². The number of ketones is 1. The molecule has 0 saturated carbocycles. The maximum atomic E-state index is 13.7. The SMILES string of the molecule is CCCC(C)N1CCC(N(CCCCC(=O)CC)C(=O)Nc2cccc(C(F)(F)F)c2)CC1.CCCC(C)N1CCC(N(Cc2ccccc2)C(=O)Nc2cccc3cnccc23)CC1.CCCC(C)N1CCC(N(Cc2ccccc2)C(=O)Nc2ccccc2N2CCOCC2)CC1.CCCCN1CCC(N(Cc2ccccc2)C(=O)Nc2cccc(C#N)c2)CC1. The number of nitriles is 1. The van der Waals surface area contributed by atoms with Gasteiger partial charge in [-0.25, -0.2) is 19.2 Å². The van der Waals surface area contributed by atoms with Gasteiger partial charge >= 0.3 is 30.3 Å². The third-order valence-electron chi connectivity index (χ3n) is 25.9. The van der Waals surface area contributed by atoms with Crippen LogP contribution in [0.25, 0.3) is 10.8 Å². The molecule has 8 aromatic rings. The minimum atomic E-state index is -4.46. The molecule has 5 aliphatic heterocycles. The van der Waals surface area contributed by atoms with Crippen LogP contribution in [0.4, 0.5) is 60.8 Å². The summed E-state index contributed by atoms with van der Waals surface area (Å²) in [5, 5.41) is 23.3. The number of carbonyl (C=O) groups excluding carboxylic acids is 5. The topological polar surface area (TPSA) is 209 Å². The normalized spacial score (nSPS) is 16.5. The number of nitrogens with zero attached hydrogens (tertiary/aromatic N) is 11. The molecular weight excluding hydrogens is 1610 g/mol. The van der Waals surface area contributed by atoms with E-state index < -0.39 is 11.7 Å². The van der Waals surface area contributed by atoms with Crippen molar-refractivity contribution in [2.75, 3.05) is 118 Å². The predicted octanol–water partition coefficient (Wildman–Crippen LogP) is 22.3. The van der Waals surface area contributed by atoms with E-state index >= 15 is 0 Å². The van der Waals surface area contributed by atoms with E-state index in [0.29, 0.717) is 81.2 Å². The van der Waals surface area contributed by atoms with Gasteiger partial charge in [0.25, 0.3) is 0 Å².